The number of carbonyl (C=O) groups excluding carboxylic acids is 2. The number of benzene rings is 2. The SMILES string of the molecule is CC(=O)Nc1ccc(NC(=O)NCC2CN(Cc3ccccc3)CCO2)cc1. The summed E-state index contributed by atoms with van der Waals surface area (Å²) in [5.74, 6) is -0.132. The van der Waals surface area contributed by atoms with Crippen molar-refractivity contribution in [1.29, 1.82) is 0 Å². The molecule has 1 aliphatic rings. The first-order valence-corrected chi connectivity index (χ1v) is 9.39. The zero-order valence-corrected chi connectivity index (χ0v) is 16.0. The number of morpholine rings is 1. The summed E-state index contributed by atoms with van der Waals surface area (Å²) in [7, 11) is 0. The first kappa shape index (κ1) is 19.9. The summed E-state index contributed by atoms with van der Waals surface area (Å²) >= 11 is 0. The Morgan fingerprint density at radius 1 is 1.04 bits per heavy atom. The van der Waals surface area contributed by atoms with Crippen molar-refractivity contribution in [3.8, 4) is 0 Å². The second-order valence-electron chi connectivity index (χ2n) is 6.81. The number of anilines is 2. The molecule has 0 radical (unpaired) electrons. The van der Waals surface area contributed by atoms with Crippen molar-refractivity contribution in [2.45, 2.75) is 19.6 Å². The van der Waals surface area contributed by atoms with E-state index in [1.807, 2.05) is 18.2 Å². The van der Waals surface area contributed by atoms with E-state index in [9.17, 15) is 9.59 Å². The van der Waals surface area contributed by atoms with Crippen LogP contribution in [0.4, 0.5) is 16.2 Å². The Balaban J connectivity index is 1.41. The second kappa shape index (κ2) is 9.87. The van der Waals surface area contributed by atoms with E-state index in [1.165, 1.54) is 12.5 Å². The molecular formula is C21H26N4O3. The summed E-state index contributed by atoms with van der Waals surface area (Å²) in [4.78, 5) is 25.5. The molecule has 1 aliphatic heterocycles. The highest BCUT2D eigenvalue weighted by Crippen LogP contribution is 2.14. The normalized spacial score (nSPS) is 17.0. The molecule has 148 valence electrons. The van der Waals surface area contributed by atoms with Gasteiger partial charge in [-0.2, -0.15) is 0 Å². The molecule has 0 saturated carbocycles. The zero-order valence-electron chi connectivity index (χ0n) is 16.0. The molecule has 1 saturated heterocycles. The summed E-state index contributed by atoms with van der Waals surface area (Å²) in [6.07, 6.45) is -0.0367. The number of hydrogen-bond donors (Lipinski definition) is 3. The average Bonchev–Trinajstić information content (AvgIpc) is 2.69. The summed E-state index contributed by atoms with van der Waals surface area (Å²) in [5, 5.41) is 8.33. The summed E-state index contributed by atoms with van der Waals surface area (Å²) in [6.45, 7) is 5.10. The number of nitrogens with zero attached hydrogens (tertiary/aromatic N) is 1. The maximum absolute atomic E-state index is 12.1. The molecule has 2 aromatic carbocycles. The monoisotopic (exact) mass is 382 g/mol. The van der Waals surface area contributed by atoms with E-state index < -0.39 is 0 Å². The molecule has 28 heavy (non-hydrogen) atoms. The fourth-order valence-corrected chi connectivity index (χ4v) is 3.11. The van der Waals surface area contributed by atoms with Gasteiger partial charge >= 0.3 is 6.03 Å². The molecule has 0 aliphatic carbocycles. The van der Waals surface area contributed by atoms with Gasteiger partial charge in [0, 0.05) is 44.5 Å². The van der Waals surface area contributed by atoms with Crippen LogP contribution in [-0.2, 0) is 16.1 Å². The van der Waals surface area contributed by atoms with Crippen LogP contribution in [-0.4, -0.2) is 49.2 Å². The Hall–Kier alpha value is -2.90. The first-order chi connectivity index (χ1) is 13.6. The molecule has 2 aromatic rings. The molecule has 3 N–H and O–H groups in total. The molecule has 1 heterocycles. The van der Waals surface area contributed by atoms with Crippen LogP contribution in [0.15, 0.2) is 54.6 Å². The third-order valence-corrected chi connectivity index (χ3v) is 4.43. The number of amides is 3. The number of hydrogen-bond acceptors (Lipinski definition) is 4. The maximum Gasteiger partial charge on any atom is 0.319 e. The number of nitrogens with one attached hydrogen (secondary N) is 3. The largest absolute Gasteiger partial charge is 0.374 e. The Morgan fingerprint density at radius 3 is 2.39 bits per heavy atom. The van der Waals surface area contributed by atoms with Crippen LogP contribution < -0.4 is 16.0 Å². The molecule has 1 atom stereocenters. The van der Waals surface area contributed by atoms with Gasteiger partial charge in [-0.05, 0) is 29.8 Å². The van der Waals surface area contributed by atoms with Gasteiger partial charge in [0.25, 0.3) is 0 Å². The molecule has 1 fully saturated rings. The molecule has 7 heteroatoms. The zero-order chi connectivity index (χ0) is 19.8. The Labute approximate surface area is 165 Å². The summed E-state index contributed by atoms with van der Waals surface area (Å²) in [6, 6.07) is 17.0. The van der Waals surface area contributed by atoms with Gasteiger partial charge in [0.15, 0.2) is 0 Å². The minimum absolute atomic E-state index is 0.0367. The standard InChI is InChI=1S/C21H26N4O3/c1-16(26)23-18-7-9-19(10-8-18)24-21(27)22-13-20-15-25(11-12-28-20)14-17-5-3-2-4-6-17/h2-10,20H,11-15H2,1H3,(H,23,26)(H2,22,24,27). The lowest BCUT2D eigenvalue weighted by molar-refractivity contribution is -0.114. The highest BCUT2D eigenvalue weighted by Gasteiger charge is 2.21. The third-order valence-electron chi connectivity index (χ3n) is 4.43. The second-order valence-corrected chi connectivity index (χ2v) is 6.81. The van der Waals surface area contributed by atoms with Gasteiger partial charge in [0.05, 0.1) is 12.7 Å². The van der Waals surface area contributed by atoms with Gasteiger partial charge in [0.2, 0.25) is 5.91 Å². The predicted octanol–water partition coefficient (Wildman–Crippen LogP) is 2.67. The minimum Gasteiger partial charge on any atom is -0.374 e. The van der Waals surface area contributed by atoms with Gasteiger partial charge in [-0.15, -0.1) is 0 Å². The molecule has 0 bridgehead atoms. The Bertz CT molecular complexity index is 780. The smallest absolute Gasteiger partial charge is 0.319 e. The molecule has 0 aromatic heterocycles. The van der Waals surface area contributed by atoms with E-state index in [1.54, 1.807) is 24.3 Å². The van der Waals surface area contributed by atoms with Crippen LogP contribution in [0.3, 0.4) is 0 Å². The van der Waals surface area contributed by atoms with Crippen molar-refractivity contribution >= 4 is 23.3 Å². The molecule has 3 amide bonds. The Kier molecular flexibility index (Phi) is 7.00. The Morgan fingerprint density at radius 2 is 1.71 bits per heavy atom. The fourth-order valence-electron chi connectivity index (χ4n) is 3.11. The van der Waals surface area contributed by atoms with Crippen LogP contribution in [0.25, 0.3) is 0 Å². The van der Waals surface area contributed by atoms with Gasteiger partial charge in [0.1, 0.15) is 0 Å². The van der Waals surface area contributed by atoms with E-state index in [0.717, 1.165) is 19.6 Å². The fraction of sp³-hybridized carbons (Fsp3) is 0.333. The number of rotatable bonds is 6. The van der Waals surface area contributed by atoms with Crippen molar-refractivity contribution in [3.05, 3.63) is 60.2 Å². The van der Waals surface area contributed by atoms with Crippen molar-refractivity contribution in [2.24, 2.45) is 0 Å². The number of ether oxygens (including phenoxy) is 1. The minimum atomic E-state index is -0.281. The lowest BCUT2D eigenvalue weighted by atomic mass is 10.2. The number of carbonyl (C=O) groups is 2. The van der Waals surface area contributed by atoms with E-state index in [2.05, 4.69) is 33.0 Å². The van der Waals surface area contributed by atoms with Crippen LogP contribution in [0.2, 0.25) is 0 Å². The third kappa shape index (κ3) is 6.37. The van der Waals surface area contributed by atoms with Crippen LogP contribution in [0.1, 0.15) is 12.5 Å². The van der Waals surface area contributed by atoms with Gasteiger partial charge in [-0.25, -0.2) is 4.79 Å². The molecule has 7 nitrogen and oxygen atoms in total. The molecule has 1 unspecified atom stereocenters. The summed E-state index contributed by atoms with van der Waals surface area (Å²) < 4.78 is 5.77. The van der Waals surface area contributed by atoms with E-state index >= 15 is 0 Å². The van der Waals surface area contributed by atoms with E-state index in [4.69, 9.17) is 4.74 Å². The van der Waals surface area contributed by atoms with Crippen molar-refractivity contribution in [3.63, 3.8) is 0 Å². The van der Waals surface area contributed by atoms with Crippen LogP contribution >= 0.6 is 0 Å². The lowest BCUT2D eigenvalue weighted by Gasteiger charge is -2.33. The summed E-state index contributed by atoms with van der Waals surface area (Å²) in [5.41, 5.74) is 2.62. The van der Waals surface area contributed by atoms with Crippen molar-refractivity contribution < 1.29 is 14.3 Å². The lowest BCUT2D eigenvalue weighted by Crippen LogP contribution is -2.47. The highest BCUT2D eigenvalue weighted by molar-refractivity contribution is 5.91. The first-order valence-electron chi connectivity index (χ1n) is 9.39. The molecular weight excluding hydrogens is 356 g/mol. The van der Waals surface area contributed by atoms with Crippen molar-refractivity contribution in [2.75, 3.05) is 36.9 Å². The average molecular weight is 382 g/mol. The highest BCUT2D eigenvalue weighted by atomic mass is 16.5. The number of urea groups is 1. The maximum atomic E-state index is 12.1. The van der Waals surface area contributed by atoms with Crippen LogP contribution in [0, 0.1) is 0 Å². The molecule has 0 spiro atoms. The topological polar surface area (TPSA) is 82.7 Å². The van der Waals surface area contributed by atoms with E-state index in [-0.39, 0.29) is 18.0 Å². The van der Waals surface area contributed by atoms with Gasteiger partial charge in [-0.1, -0.05) is 30.3 Å². The quantitative estimate of drug-likeness (QED) is 0.717. The predicted molar refractivity (Wildman–Crippen MR) is 109 cm³/mol. The van der Waals surface area contributed by atoms with Crippen molar-refractivity contribution in [1.82, 2.24) is 10.2 Å². The molecule has 3 rings (SSSR count). The van der Waals surface area contributed by atoms with Gasteiger partial charge in [-0.3, -0.25) is 9.69 Å². The van der Waals surface area contributed by atoms with E-state index in [0.29, 0.717) is 24.5 Å². The van der Waals surface area contributed by atoms with Gasteiger partial charge < -0.3 is 20.7 Å². The van der Waals surface area contributed by atoms with Crippen LogP contribution in [0.5, 0.6) is 0 Å².